The van der Waals surface area contributed by atoms with E-state index in [1.54, 1.807) is 0 Å². The first-order chi connectivity index (χ1) is 9.36. The van der Waals surface area contributed by atoms with Crippen molar-refractivity contribution in [2.24, 2.45) is 0 Å². The number of nitrogens with zero attached hydrogens (tertiary/aromatic N) is 1. The van der Waals surface area contributed by atoms with Crippen LogP contribution >= 0.6 is 0 Å². The molecule has 2 N–H and O–H groups in total. The lowest BCUT2D eigenvalue weighted by Gasteiger charge is -2.19. The van der Waals surface area contributed by atoms with E-state index >= 15 is 0 Å². The maximum Gasteiger partial charge on any atom is 0.345 e. The minimum atomic E-state index is -0.541. The van der Waals surface area contributed by atoms with Gasteiger partial charge in [0.05, 0.1) is 0 Å². The van der Waals surface area contributed by atoms with Gasteiger partial charge in [0, 0.05) is 11.9 Å². The van der Waals surface area contributed by atoms with Crippen LogP contribution < -0.4 is 11.0 Å². The van der Waals surface area contributed by atoms with Crippen LogP contribution in [0.1, 0.15) is 36.8 Å². The highest BCUT2D eigenvalue weighted by molar-refractivity contribution is 6.02. The predicted octanol–water partition coefficient (Wildman–Crippen LogP) is 2.32. The molecule has 5 heteroatoms. The number of hydrogen-bond donors (Lipinski definition) is 2. The van der Waals surface area contributed by atoms with Crippen LogP contribution in [0, 0.1) is 0 Å². The molecule has 0 aliphatic carbocycles. The van der Waals surface area contributed by atoms with Crippen molar-refractivity contribution in [2.75, 3.05) is 5.32 Å². The molecule has 0 saturated carbocycles. The Morgan fingerprint density at radius 2 is 1.80 bits per heavy atom. The highest BCUT2D eigenvalue weighted by Gasteiger charge is 2.13. The summed E-state index contributed by atoms with van der Waals surface area (Å²) in [6.45, 7) is 6.38. The minimum Gasteiger partial charge on any atom is -0.321 e. The zero-order chi connectivity index (χ0) is 14.8. The average molecular weight is 271 g/mol. The third-order valence-electron chi connectivity index (χ3n) is 2.93. The van der Waals surface area contributed by atoms with Gasteiger partial charge >= 0.3 is 5.69 Å². The molecule has 2 rings (SSSR count). The van der Waals surface area contributed by atoms with Crippen molar-refractivity contribution in [3.63, 3.8) is 0 Å². The number of rotatable bonds is 2. The minimum absolute atomic E-state index is 0.0683. The monoisotopic (exact) mass is 271 g/mol. The smallest absolute Gasteiger partial charge is 0.321 e. The molecule has 0 aliphatic heterocycles. The fourth-order valence-electron chi connectivity index (χ4n) is 1.75. The number of aromatic nitrogens is 2. The summed E-state index contributed by atoms with van der Waals surface area (Å²) in [5.41, 5.74) is 1.58. The van der Waals surface area contributed by atoms with E-state index in [0.29, 0.717) is 5.69 Å². The standard InChI is InChI=1S/C15H17N3O2/c1-15(2,3)10-4-6-11(7-5-10)17-13(19)12-8-9-16-14(20)18-12/h4-9H,1-3H3,(H,17,19)(H,16,18,20). The highest BCUT2D eigenvalue weighted by Crippen LogP contribution is 2.23. The van der Waals surface area contributed by atoms with Crippen LogP contribution in [0.3, 0.4) is 0 Å². The van der Waals surface area contributed by atoms with E-state index in [1.807, 2.05) is 24.3 Å². The Kier molecular flexibility index (Phi) is 3.70. The van der Waals surface area contributed by atoms with Crippen molar-refractivity contribution in [3.8, 4) is 0 Å². The average Bonchev–Trinajstić information content (AvgIpc) is 2.38. The second-order valence-corrected chi connectivity index (χ2v) is 5.57. The molecular formula is C15H17N3O2. The molecule has 0 unspecified atom stereocenters. The zero-order valence-electron chi connectivity index (χ0n) is 11.7. The van der Waals surface area contributed by atoms with Crippen molar-refractivity contribution in [1.82, 2.24) is 9.97 Å². The van der Waals surface area contributed by atoms with Crippen LogP contribution in [0.25, 0.3) is 0 Å². The number of hydrogen-bond acceptors (Lipinski definition) is 3. The molecular weight excluding hydrogens is 254 g/mol. The lowest BCUT2D eigenvalue weighted by molar-refractivity contribution is 0.102. The first-order valence-electron chi connectivity index (χ1n) is 6.33. The molecule has 1 aromatic carbocycles. The van der Waals surface area contributed by atoms with Crippen molar-refractivity contribution >= 4 is 11.6 Å². The van der Waals surface area contributed by atoms with Crippen molar-refractivity contribution in [2.45, 2.75) is 26.2 Å². The van der Waals surface area contributed by atoms with Crippen molar-refractivity contribution in [1.29, 1.82) is 0 Å². The number of carbonyl (C=O) groups excluding carboxylic acids is 1. The highest BCUT2D eigenvalue weighted by atomic mass is 16.2. The summed E-state index contributed by atoms with van der Waals surface area (Å²) >= 11 is 0. The number of nitrogens with one attached hydrogen (secondary N) is 2. The SMILES string of the molecule is CC(C)(C)c1ccc(NC(=O)c2ccnc(=O)[nH]2)cc1. The molecule has 0 spiro atoms. The Labute approximate surface area is 117 Å². The summed E-state index contributed by atoms with van der Waals surface area (Å²) < 4.78 is 0. The van der Waals surface area contributed by atoms with Crippen LogP contribution in [0.4, 0.5) is 5.69 Å². The maximum atomic E-state index is 11.9. The fourth-order valence-corrected chi connectivity index (χ4v) is 1.75. The lowest BCUT2D eigenvalue weighted by Crippen LogP contribution is -2.20. The molecule has 2 aromatic rings. The second-order valence-electron chi connectivity index (χ2n) is 5.57. The Bertz CT molecular complexity index is 667. The van der Waals surface area contributed by atoms with Gasteiger partial charge < -0.3 is 10.3 Å². The molecule has 1 amide bonds. The largest absolute Gasteiger partial charge is 0.345 e. The van der Waals surface area contributed by atoms with E-state index in [2.05, 4.69) is 36.1 Å². The van der Waals surface area contributed by atoms with E-state index in [1.165, 1.54) is 17.8 Å². The topological polar surface area (TPSA) is 74.8 Å². The van der Waals surface area contributed by atoms with Crippen LogP contribution in [0.2, 0.25) is 0 Å². The second kappa shape index (κ2) is 5.28. The van der Waals surface area contributed by atoms with Crippen LogP contribution in [-0.2, 0) is 5.41 Å². The van der Waals surface area contributed by atoms with Gasteiger partial charge in [-0.3, -0.25) is 4.79 Å². The van der Waals surface area contributed by atoms with Gasteiger partial charge in [-0.1, -0.05) is 32.9 Å². The molecule has 1 heterocycles. The van der Waals surface area contributed by atoms with Crippen molar-refractivity contribution in [3.05, 3.63) is 58.3 Å². The van der Waals surface area contributed by atoms with Gasteiger partial charge in [-0.2, -0.15) is 0 Å². The molecule has 0 aliphatic rings. The summed E-state index contributed by atoms with van der Waals surface area (Å²) in [4.78, 5) is 28.9. The molecule has 104 valence electrons. The number of amides is 1. The van der Waals surface area contributed by atoms with Crippen LogP contribution in [-0.4, -0.2) is 15.9 Å². The third kappa shape index (κ3) is 3.32. The van der Waals surface area contributed by atoms with E-state index in [9.17, 15) is 9.59 Å². The molecule has 1 aromatic heterocycles. The van der Waals surface area contributed by atoms with Crippen molar-refractivity contribution < 1.29 is 4.79 Å². The number of carbonyl (C=O) groups is 1. The quantitative estimate of drug-likeness (QED) is 0.880. The summed E-state index contributed by atoms with van der Waals surface area (Å²) in [5.74, 6) is -0.368. The Morgan fingerprint density at radius 1 is 1.15 bits per heavy atom. The number of benzene rings is 1. The zero-order valence-corrected chi connectivity index (χ0v) is 11.7. The summed E-state index contributed by atoms with van der Waals surface area (Å²) in [5, 5.41) is 2.73. The summed E-state index contributed by atoms with van der Waals surface area (Å²) in [6.07, 6.45) is 1.30. The normalized spacial score (nSPS) is 11.2. The predicted molar refractivity (Wildman–Crippen MR) is 78.0 cm³/mol. The van der Waals surface area contributed by atoms with Gasteiger partial charge in [-0.15, -0.1) is 0 Å². The van der Waals surface area contributed by atoms with E-state index in [0.717, 1.165) is 0 Å². The lowest BCUT2D eigenvalue weighted by atomic mass is 9.87. The first kappa shape index (κ1) is 14.0. The van der Waals surface area contributed by atoms with Gasteiger partial charge in [-0.25, -0.2) is 9.78 Å². The number of aromatic amines is 1. The van der Waals surface area contributed by atoms with Gasteiger partial charge in [0.25, 0.3) is 5.91 Å². The number of anilines is 1. The Balaban J connectivity index is 2.14. The van der Waals surface area contributed by atoms with E-state index in [-0.39, 0.29) is 17.0 Å². The molecule has 0 atom stereocenters. The summed E-state index contributed by atoms with van der Waals surface area (Å²) in [7, 11) is 0. The maximum absolute atomic E-state index is 11.9. The van der Waals surface area contributed by atoms with Crippen LogP contribution in [0.15, 0.2) is 41.3 Å². The van der Waals surface area contributed by atoms with E-state index < -0.39 is 5.69 Å². The molecule has 0 saturated heterocycles. The van der Waals surface area contributed by atoms with Crippen LogP contribution in [0.5, 0.6) is 0 Å². The van der Waals surface area contributed by atoms with E-state index in [4.69, 9.17) is 0 Å². The Morgan fingerprint density at radius 3 is 2.35 bits per heavy atom. The molecule has 5 nitrogen and oxygen atoms in total. The molecule has 0 radical (unpaired) electrons. The third-order valence-corrected chi connectivity index (χ3v) is 2.93. The van der Waals surface area contributed by atoms with Gasteiger partial charge in [0.2, 0.25) is 0 Å². The molecule has 20 heavy (non-hydrogen) atoms. The Hall–Kier alpha value is -2.43. The molecule has 0 fully saturated rings. The molecule has 0 bridgehead atoms. The fraction of sp³-hybridized carbons (Fsp3) is 0.267. The van der Waals surface area contributed by atoms with Gasteiger partial charge in [0.1, 0.15) is 5.69 Å². The first-order valence-corrected chi connectivity index (χ1v) is 6.33. The summed E-state index contributed by atoms with van der Waals surface area (Å²) in [6, 6.07) is 9.10. The van der Waals surface area contributed by atoms with Gasteiger partial charge in [0.15, 0.2) is 0 Å². The van der Waals surface area contributed by atoms with Gasteiger partial charge in [-0.05, 0) is 29.2 Å². The number of H-pyrrole nitrogens is 1.